The highest BCUT2D eigenvalue weighted by Crippen LogP contribution is 2.37. The van der Waals surface area contributed by atoms with Crippen LogP contribution in [0.15, 0.2) is 23.8 Å². The lowest BCUT2D eigenvalue weighted by atomic mass is 9.90. The van der Waals surface area contributed by atoms with Crippen molar-refractivity contribution < 1.29 is 14.3 Å². The van der Waals surface area contributed by atoms with Crippen LogP contribution in [0.2, 0.25) is 0 Å². The molecule has 0 aromatic heterocycles. The van der Waals surface area contributed by atoms with Crippen molar-refractivity contribution in [3.63, 3.8) is 0 Å². The van der Waals surface area contributed by atoms with Gasteiger partial charge in [0, 0.05) is 18.7 Å². The third kappa shape index (κ3) is 3.06. The topological polar surface area (TPSA) is 64.8 Å². The summed E-state index contributed by atoms with van der Waals surface area (Å²) in [6, 6.07) is 5.74. The zero-order chi connectivity index (χ0) is 16.4. The zero-order valence-electron chi connectivity index (χ0n) is 13.8. The summed E-state index contributed by atoms with van der Waals surface area (Å²) >= 11 is 0. The zero-order valence-corrected chi connectivity index (χ0v) is 13.8. The fourth-order valence-corrected chi connectivity index (χ4v) is 3.14. The van der Waals surface area contributed by atoms with E-state index in [0.717, 1.165) is 30.0 Å². The summed E-state index contributed by atoms with van der Waals surface area (Å²) in [6.07, 6.45) is 2.87. The second-order valence-electron chi connectivity index (χ2n) is 6.56. The van der Waals surface area contributed by atoms with Crippen LogP contribution >= 0.6 is 0 Å². The van der Waals surface area contributed by atoms with Gasteiger partial charge in [-0.15, -0.1) is 0 Å². The predicted octanol–water partition coefficient (Wildman–Crippen LogP) is 2.06. The number of benzene rings is 1. The molecule has 2 N–H and O–H groups in total. The number of hydrogen-bond acceptors (Lipinski definition) is 4. The number of fused-ring (bicyclic) bond motifs is 1. The van der Waals surface area contributed by atoms with Crippen LogP contribution in [0.4, 0.5) is 0 Å². The molecule has 2 aliphatic rings. The Labute approximate surface area is 137 Å². The smallest absolute Gasteiger partial charge is 0.253 e. The van der Waals surface area contributed by atoms with Crippen molar-refractivity contribution in [1.82, 2.24) is 4.90 Å². The number of likely N-dealkylation sites (tertiary alicyclic amines) is 1. The Balaban J connectivity index is 1.80. The Bertz CT molecular complexity index is 641. The van der Waals surface area contributed by atoms with Gasteiger partial charge in [0.15, 0.2) is 11.5 Å². The molecule has 124 valence electrons. The third-order valence-corrected chi connectivity index (χ3v) is 4.62. The fraction of sp³-hybridized carbons (Fsp3) is 0.500. The molecular weight excluding hydrogens is 292 g/mol. The molecule has 2 aliphatic heterocycles. The summed E-state index contributed by atoms with van der Waals surface area (Å²) in [4.78, 5) is 14.6. The molecule has 0 aliphatic carbocycles. The van der Waals surface area contributed by atoms with Gasteiger partial charge in [0.1, 0.15) is 6.61 Å². The van der Waals surface area contributed by atoms with E-state index in [0.29, 0.717) is 25.3 Å². The van der Waals surface area contributed by atoms with Crippen molar-refractivity contribution in [2.75, 3.05) is 32.8 Å². The number of ether oxygens (including phenoxy) is 2. The number of amides is 1. The molecule has 1 saturated heterocycles. The van der Waals surface area contributed by atoms with Crippen molar-refractivity contribution >= 4 is 12.0 Å². The normalized spacial score (nSPS) is 23.1. The van der Waals surface area contributed by atoms with Crippen molar-refractivity contribution in [2.45, 2.75) is 20.3 Å². The molecule has 0 bridgehead atoms. The van der Waals surface area contributed by atoms with E-state index in [9.17, 15) is 4.79 Å². The summed E-state index contributed by atoms with van der Waals surface area (Å²) in [6.45, 7) is 7.02. The van der Waals surface area contributed by atoms with Gasteiger partial charge in [-0.25, -0.2) is 0 Å². The SMILES string of the molecule is CCOc1cccc2c1OCC(C(=O)N1CCC(C)(CN)C1)=C2. The average Bonchev–Trinajstić information content (AvgIpc) is 2.97. The Morgan fingerprint density at radius 1 is 1.48 bits per heavy atom. The van der Waals surface area contributed by atoms with Crippen LogP contribution in [0.25, 0.3) is 6.08 Å². The first-order chi connectivity index (χ1) is 11.1. The van der Waals surface area contributed by atoms with E-state index < -0.39 is 0 Å². The maximum atomic E-state index is 12.7. The van der Waals surface area contributed by atoms with Crippen LogP contribution in [-0.2, 0) is 4.79 Å². The molecule has 0 radical (unpaired) electrons. The molecule has 1 amide bonds. The van der Waals surface area contributed by atoms with E-state index in [1.165, 1.54) is 0 Å². The molecule has 0 spiro atoms. The standard InChI is InChI=1S/C18H24N2O3/c1-3-22-15-6-4-5-13-9-14(10-23-16(13)15)17(21)20-8-7-18(2,11-19)12-20/h4-6,9H,3,7-8,10-12,19H2,1-2H3. The molecule has 5 nitrogen and oxygen atoms in total. The molecule has 1 fully saturated rings. The lowest BCUT2D eigenvalue weighted by Crippen LogP contribution is -2.36. The van der Waals surface area contributed by atoms with Crippen LogP contribution in [-0.4, -0.2) is 43.7 Å². The first-order valence-electron chi connectivity index (χ1n) is 8.15. The number of carbonyl (C=O) groups is 1. The highest BCUT2D eigenvalue weighted by atomic mass is 16.5. The van der Waals surface area contributed by atoms with Crippen LogP contribution in [0.5, 0.6) is 11.5 Å². The summed E-state index contributed by atoms with van der Waals surface area (Å²) < 4.78 is 11.4. The average molecular weight is 316 g/mol. The predicted molar refractivity (Wildman–Crippen MR) is 89.4 cm³/mol. The minimum atomic E-state index is 0.0335. The summed E-state index contributed by atoms with van der Waals surface area (Å²) in [7, 11) is 0. The molecular formula is C18H24N2O3. The van der Waals surface area contributed by atoms with Crippen LogP contribution in [0, 0.1) is 5.41 Å². The van der Waals surface area contributed by atoms with Gasteiger partial charge in [-0.05, 0) is 37.4 Å². The maximum Gasteiger partial charge on any atom is 0.253 e. The van der Waals surface area contributed by atoms with Gasteiger partial charge < -0.3 is 20.1 Å². The Morgan fingerprint density at radius 2 is 2.30 bits per heavy atom. The summed E-state index contributed by atoms with van der Waals surface area (Å²) in [5.74, 6) is 1.50. The van der Waals surface area contributed by atoms with E-state index in [1.54, 1.807) is 0 Å². The molecule has 0 saturated carbocycles. The Hall–Kier alpha value is -2.01. The highest BCUT2D eigenvalue weighted by molar-refractivity contribution is 5.99. The molecule has 1 aromatic rings. The fourth-order valence-electron chi connectivity index (χ4n) is 3.14. The number of nitrogens with zero attached hydrogens (tertiary/aromatic N) is 1. The van der Waals surface area contributed by atoms with Gasteiger partial charge in [-0.1, -0.05) is 19.1 Å². The lowest BCUT2D eigenvalue weighted by molar-refractivity contribution is -0.126. The minimum Gasteiger partial charge on any atom is -0.490 e. The summed E-state index contributed by atoms with van der Waals surface area (Å²) in [5, 5.41) is 0. The molecule has 1 atom stereocenters. The number of para-hydroxylation sites is 1. The Kier molecular flexibility index (Phi) is 4.31. The maximum absolute atomic E-state index is 12.7. The van der Waals surface area contributed by atoms with Gasteiger partial charge in [-0.2, -0.15) is 0 Å². The molecule has 1 aromatic carbocycles. The van der Waals surface area contributed by atoms with Crippen molar-refractivity contribution in [2.24, 2.45) is 11.1 Å². The van der Waals surface area contributed by atoms with E-state index in [1.807, 2.05) is 36.1 Å². The highest BCUT2D eigenvalue weighted by Gasteiger charge is 2.36. The Morgan fingerprint density at radius 3 is 3.00 bits per heavy atom. The molecule has 3 rings (SSSR count). The first kappa shape index (κ1) is 15.9. The van der Waals surface area contributed by atoms with Crippen LogP contribution in [0.3, 0.4) is 0 Å². The van der Waals surface area contributed by atoms with E-state index >= 15 is 0 Å². The quantitative estimate of drug-likeness (QED) is 0.923. The number of rotatable bonds is 4. The van der Waals surface area contributed by atoms with Gasteiger partial charge in [-0.3, -0.25) is 4.79 Å². The number of hydrogen-bond donors (Lipinski definition) is 1. The van der Waals surface area contributed by atoms with Crippen molar-refractivity contribution in [3.8, 4) is 11.5 Å². The van der Waals surface area contributed by atoms with Crippen molar-refractivity contribution in [3.05, 3.63) is 29.3 Å². The third-order valence-electron chi connectivity index (χ3n) is 4.62. The largest absolute Gasteiger partial charge is 0.490 e. The van der Waals surface area contributed by atoms with E-state index in [-0.39, 0.29) is 17.9 Å². The van der Waals surface area contributed by atoms with Gasteiger partial charge in [0.05, 0.1) is 12.2 Å². The van der Waals surface area contributed by atoms with Gasteiger partial charge in [0.25, 0.3) is 5.91 Å². The number of nitrogens with two attached hydrogens (primary N) is 1. The lowest BCUT2D eigenvalue weighted by Gasteiger charge is -2.25. The monoisotopic (exact) mass is 316 g/mol. The molecule has 1 unspecified atom stereocenters. The molecule has 5 heteroatoms. The minimum absolute atomic E-state index is 0.0335. The van der Waals surface area contributed by atoms with Crippen LogP contribution in [0.1, 0.15) is 25.8 Å². The van der Waals surface area contributed by atoms with Gasteiger partial charge in [0.2, 0.25) is 0 Å². The first-order valence-corrected chi connectivity index (χ1v) is 8.15. The van der Waals surface area contributed by atoms with Crippen LogP contribution < -0.4 is 15.2 Å². The van der Waals surface area contributed by atoms with E-state index in [2.05, 4.69) is 6.92 Å². The second-order valence-corrected chi connectivity index (χ2v) is 6.56. The molecule has 23 heavy (non-hydrogen) atoms. The van der Waals surface area contributed by atoms with Crippen molar-refractivity contribution in [1.29, 1.82) is 0 Å². The van der Waals surface area contributed by atoms with Gasteiger partial charge >= 0.3 is 0 Å². The van der Waals surface area contributed by atoms with E-state index in [4.69, 9.17) is 15.2 Å². The molecule has 2 heterocycles. The summed E-state index contributed by atoms with van der Waals surface area (Å²) in [5.41, 5.74) is 7.44. The second kappa shape index (κ2) is 6.24. The number of carbonyl (C=O) groups excluding carboxylic acids is 1.